The van der Waals surface area contributed by atoms with Gasteiger partial charge in [0.2, 0.25) is 5.91 Å². The van der Waals surface area contributed by atoms with Gasteiger partial charge in [-0.1, -0.05) is 36.4 Å². The molecule has 1 amide bonds. The number of carbonyl (C=O) groups is 1. The molecule has 1 N–H and O–H groups in total. The predicted octanol–water partition coefficient (Wildman–Crippen LogP) is 2.89. The second kappa shape index (κ2) is 6.46. The van der Waals surface area contributed by atoms with Gasteiger partial charge < -0.3 is 10.1 Å². The number of benzene rings is 2. The zero-order valence-corrected chi connectivity index (χ0v) is 13.1. The number of fused-ring (bicyclic) bond motifs is 1. The Morgan fingerprint density at radius 3 is 2.59 bits per heavy atom. The molecule has 4 heteroatoms. The van der Waals surface area contributed by atoms with Gasteiger partial charge in [-0.25, -0.2) is 0 Å². The summed E-state index contributed by atoms with van der Waals surface area (Å²) in [5.41, 5.74) is 0.873. The summed E-state index contributed by atoms with van der Waals surface area (Å²) in [6, 6.07) is 14.0. The van der Waals surface area contributed by atoms with E-state index < -0.39 is 0 Å². The molecule has 2 aromatic rings. The van der Waals surface area contributed by atoms with Crippen LogP contribution in [0.3, 0.4) is 0 Å². The van der Waals surface area contributed by atoms with Gasteiger partial charge in [0.25, 0.3) is 0 Å². The van der Waals surface area contributed by atoms with Gasteiger partial charge in [0, 0.05) is 24.2 Å². The minimum absolute atomic E-state index is 0.0256. The molecule has 0 spiro atoms. The van der Waals surface area contributed by atoms with Gasteiger partial charge in [0.1, 0.15) is 0 Å². The van der Waals surface area contributed by atoms with Crippen LogP contribution in [0.15, 0.2) is 42.5 Å². The van der Waals surface area contributed by atoms with Gasteiger partial charge in [0.05, 0.1) is 18.8 Å². The number of rotatable bonds is 3. The molecule has 1 fully saturated rings. The number of amides is 1. The maximum atomic E-state index is 12.3. The zero-order valence-electron chi connectivity index (χ0n) is 13.1. The Kier molecular flexibility index (Phi) is 4.41. The number of carbonyl (C=O) groups excluding carboxylic acids is 1. The molecule has 1 aliphatic heterocycles. The van der Waals surface area contributed by atoms with Gasteiger partial charge in [-0.2, -0.15) is 0 Å². The molecule has 0 saturated carbocycles. The topological polar surface area (TPSA) is 41.6 Å². The van der Waals surface area contributed by atoms with Gasteiger partial charge >= 0.3 is 0 Å². The van der Waals surface area contributed by atoms with Crippen molar-refractivity contribution >= 4 is 22.4 Å². The molecule has 1 heterocycles. The van der Waals surface area contributed by atoms with E-state index in [9.17, 15) is 4.79 Å². The Morgan fingerprint density at radius 2 is 1.82 bits per heavy atom. The molecule has 0 aromatic heterocycles. The highest BCUT2D eigenvalue weighted by Gasteiger charge is 2.23. The second-order valence-electron chi connectivity index (χ2n) is 6.03. The molecule has 22 heavy (non-hydrogen) atoms. The van der Waals surface area contributed by atoms with E-state index in [2.05, 4.69) is 22.3 Å². The number of nitrogens with zero attached hydrogens (tertiary/aromatic N) is 1. The first kappa shape index (κ1) is 15.0. The summed E-state index contributed by atoms with van der Waals surface area (Å²) >= 11 is 0. The van der Waals surface area contributed by atoms with E-state index >= 15 is 0 Å². The Hall–Kier alpha value is -1.91. The van der Waals surface area contributed by atoms with Crippen LogP contribution in [0, 0.1) is 0 Å². The van der Waals surface area contributed by atoms with Crippen LogP contribution in [0.1, 0.15) is 13.8 Å². The van der Waals surface area contributed by atoms with Crippen LogP contribution in [-0.4, -0.2) is 42.6 Å². The van der Waals surface area contributed by atoms with Crippen LogP contribution in [0.5, 0.6) is 0 Å². The summed E-state index contributed by atoms with van der Waals surface area (Å²) < 4.78 is 5.70. The standard InChI is InChI=1S/C18H22N2O2/c1-13-10-20(11-14(2)22-13)12-18(21)19-17-9-5-7-15-6-3-4-8-16(15)17/h3-9,13-14H,10-12H2,1-2H3,(H,19,21)/t13-,14-/m0/s1. The molecule has 0 unspecified atom stereocenters. The third-order valence-electron chi connectivity index (χ3n) is 3.93. The van der Waals surface area contributed by atoms with Crippen LogP contribution in [-0.2, 0) is 9.53 Å². The van der Waals surface area contributed by atoms with Crippen LogP contribution in [0.4, 0.5) is 5.69 Å². The van der Waals surface area contributed by atoms with Gasteiger partial charge in [0.15, 0.2) is 0 Å². The molecule has 116 valence electrons. The lowest BCUT2D eigenvalue weighted by molar-refractivity contribution is -0.121. The number of ether oxygens (including phenoxy) is 1. The van der Waals surface area contributed by atoms with Crippen molar-refractivity contribution in [2.75, 3.05) is 25.0 Å². The molecular weight excluding hydrogens is 276 g/mol. The summed E-state index contributed by atoms with van der Waals surface area (Å²) in [6.45, 7) is 6.10. The molecule has 0 bridgehead atoms. The quantitative estimate of drug-likeness (QED) is 0.947. The molecule has 2 aromatic carbocycles. The lowest BCUT2D eigenvalue weighted by Gasteiger charge is -2.34. The molecule has 1 saturated heterocycles. The minimum atomic E-state index is 0.0256. The fraction of sp³-hybridized carbons (Fsp3) is 0.389. The highest BCUT2D eigenvalue weighted by Crippen LogP contribution is 2.23. The monoisotopic (exact) mass is 298 g/mol. The second-order valence-corrected chi connectivity index (χ2v) is 6.03. The average Bonchev–Trinajstić information content (AvgIpc) is 2.46. The van der Waals surface area contributed by atoms with E-state index in [1.165, 1.54) is 0 Å². The van der Waals surface area contributed by atoms with E-state index in [1.54, 1.807) is 0 Å². The molecule has 2 atom stereocenters. The van der Waals surface area contributed by atoms with Gasteiger partial charge in [-0.3, -0.25) is 9.69 Å². The Balaban J connectivity index is 1.68. The first-order valence-electron chi connectivity index (χ1n) is 7.77. The Morgan fingerprint density at radius 1 is 1.14 bits per heavy atom. The fourth-order valence-electron chi connectivity index (χ4n) is 3.14. The first-order valence-corrected chi connectivity index (χ1v) is 7.77. The smallest absolute Gasteiger partial charge is 0.238 e. The highest BCUT2D eigenvalue weighted by molar-refractivity contribution is 6.02. The molecule has 1 aliphatic rings. The third kappa shape index (κ3) is 3.46. The summed E-state index contributed by atoms with van der Waals surface area (Å²) in [7, 11) is 0. The van der Waals surface area contributed by atoms with Crippen molar-refractivity contribution in [2.24, 2.45) is 0 Å². The van der Waals surface area contributed by atoms with E-state index in [0.29, 0.717) is 6.54 Å². The largest absolute Gasteiger partial charge is 0.373 e. The van der Waals surface area contributed by atoms with Crippen LogP contribution in [0.2, 0.25) is 0 Å². The number of morpholine rings is 1. The van der Waals surface area contributed by atoms with Crippen LogP contribution in [0.25, 0.3) is 10.8 Å². The SMILES string of the molecule is C[C@H]1CN(CC(=O)Nc2cccc3ccccc23)C[C@H](C)O1. The Labute approximate surface area is 131 Å². The van der Waals surface area contributed by atoms with E-state index in [-0.39, 0.29) is 18.1 Å². The lowest BCUT2D eigenvalue weighted by atomic mass is 10.1. The number of hydrogen-bond donors (Lipinski definition) is 1. The Bertz CT molecular complexity index is 656. The summed E-state index contributed by atoms with van der Waals surface area (Å²) in [6.07, 6.45) is 0.350. The molecule has 0 radical (unpaired) electrons. The number of nitrogens with one attached hydrogen (secondary N) is 1. The summed E-state index contributed by atoms with van der Waals surface area (Å²) in [4.78, 5) is 14.5. The average molecular weight is 298 g/mol. The first-order chi connectivity index (χ1) is 10.6. The molecule has 0 aliphatic carbocycles. The van der Waals surface area contributed by atoms with Crippen molar-refractivity contribution in [1.29, 1.82) is 0 Å². The third-order valence-corrected chi connectivity index (χ3v) is 3.93. The predicted molar refractivity (Wildman–Crippen MR) is 89.0 cm³/mol. The van der Waals surface area contributed by atoms with E-state index in [4.69, 9.17) is 4.74 Å². The molecule has 4 nitrogen and oxygen atoms in total. The van der Waals surface area contributed by atoms with Crippen LogP contribution < -0.4 is 5.32 Å². The highest BCUT2D eigenvalue weighted by atomic mass is 16.5. The summed E-state index contributed by atoms with van der Waals surface area (Å²) in [5.74, 6) is 0.0256. The molecular formula is C18H22N2O2. The summed E-state index contributed by atoms with van der Waals surface area (Å²) in [5, 5.41) is 5.25. The van der Waals surface area contributed by atoms with Crippen molar-refractivity contribution in [2.45, 2.75) is 26.1 Å². The van der Waals surface area contributed by atoms with E-state index in [0.717, 1.165) is 29.5 Å². The zero-order chi connectivity index (χ0) is 15.5. The maximum Gasteiger partial charge on any atom is 0.238 e. The van der Waals surface area contributed by atoms with Crippen molar-refractivity contribution in [3.8, 4) is 0 Å². The van der Waals surface area contributed by atoms with Gasteiger partial charge in [-0.05, 0) is 25.3 Å². The van der Waals surface area contributed by atoms with Crippen LogP contribution >= 0.6 is 0 Å². The maximum absolute atomic E-state index is 12.3. The molecule has 3 rings (SSSR count). The normalized spacial score (nSPS) is 22.6. The van der Waals surface area contributed by atoms with Gasteiger partial charge in [-0.15, -0.1) is 0 Å². The van der Waals surface area contributed by atoms with Crippen molar-refractivity contribution in [3.05, 3.63) is 42.5 Å². The number of anilines is 1. The minimum Gasteiger partial charge on any atom is -0.373 e. The lowest BCUT2D eigenvalue weighted by Crippen LogP contribution is -2.48. The van der Waals surface area contributed by atoms with E-state index in [1.807, 2.05) is 44.2 Å². The fourth-order valence-corrected chi connectivity index (χ4v) is 3.14. The van der Waals surface area contributed by atoms with Crippen molar-refractivity contribution < 1.29 is 9.53 Å². The van der Waals surface area contributed by atoms with Crippen molar-refractivity contribution in [3.63, 3.8) is 0 Å². The number of hydrogen-bond acceptors (Lipinski definition) is 3. The van der Waals surface area contributed by atoms with Crippen molar-refractivity contribution in [1.82, 2.24) is 4.90 Å².